The smallest absolute Gasteiger partial charge is 0.307 e. The third-order valence-corrected chi connectivity index (χ3v) is 17.5. The normalized spacial score (nSPS) is 11.7. The molecule has 0 fully saturated rings. The summed E-state index contributed by atoms with van der Waals surface area (Å²) in [5.74, 6) is 0. The first-order chi connectivity index (χ1) is 43.8. The van der Waals surface area contributed by atoms with E-state index >= 15 is 13.2 Å². The van der Waals surface area contributed by atoms with E-state index in [1.54, 1.807) is 30.3 Å². The van der Waals surface area contributed by atoms with Crippen molar-refractivity contribution in [2.45, 2.75) is 33.9 Å². The Labute approximate surface area is 516 Å². The van der Waals surface area contributed by atoms with Gasteiger partial charge in [0.25, 0.3) is 0 Å². The zero-order valence-electron chi connectivity index (χ0n) is 49.4. The molecule has 0 spiro atoms. The Kier molecular flexibility index (Phi) is 12.9. The summed E-state index contributed by atoms with van der Waals surface area (Å²) in [7, 11) is 0. The molecule has 4 aromatic heterocycles. The maximum Gasteiger partial charge on any atom is 0.417 e. The van der Waals surface area contributed by atoms with Gasteiger partial charge in [-0.3, -0.25) is 0 Å². The van der Waals surface area contributed by atoms with E-state index in [4.69, 9.17) is 0 Å². The lowest BCUT2D eigenvalue weighted by Crippen LogP contribution is -2.12. The summed E-state index contributed by atoms with van der Waals surface area (Å²) in [5, 5.41) is 38.5. The van der Waals surface area contributed by atoms with Crippen LogP contribution in [0.5, 0.6) is 0 Å². The molecule has 12 aromatic carbocycles. The van der Waals surface area contributed by atoms with E-state index in [9.17, 15) is 15.8 Å². The molecule has 428 valence electrons. The number of nitriles is 3. The molecule has 16 aromatic rings. The van der Waals surface area contributed by atoms with Gasteiger partial charge in [-0.15, -0.1) is 0 Å². The highest BCUT2D eigenvalue weighted by atomic mass is 19.4. The average molecular weight is 1170 g/mol. The van der Waals surface area contributed by atoms with Crippen LogP contribution in [-0.2, 0) is 6.18 Å². The molecular weight excluding hydrogens is 1120 g/mol. The molecule has 90 heavy (non-hydrogen) atoms. The Balaban J connectivity index is 0.000000150. The van der Waals surface area contributed by atoms with Gasteiger partial charge in [0.15, 0.2) is 0 Å². The van der Waals surface area contributed by atoms with E-state index in [1.807, 2.05) is 109 Å². The van der Waals surface area contributed by atoms with Crippen molar-refractivity contribution >= 4 is 87.2 Å². The van der Waals surface area contributed by atoms with Gasteiger partial charge in [-0.05, 0) is 166 Å². The number of para-hydroxylation sites is 4. The summed E-state index contributed by atoms with van der Waals surface area (Å²) in [6.45, 7) is 8.30. The van der Waals surface area contributed by atoms with Crippen LogP contribution in [-0.4, -0.2) is 18.3 Å². The number of halogens is 3. The second-order valence-electron chi connectivity index (χ2n) is 23.3. The van der Waals surface area contributed by atoms with Gasteiger partial charge in [0.1, 0.15) is 0 Å². The van der Waals surface area contributed by atoms with Crippen molar-refractivity contribution in [1.29, 1.82) is 15.8 Å². The number of alkyl halides is 3. The van der Waals surface area contributed by atoms with Crippen LogP contribution < -0.4 is 0 Å². The summed E-state index contributed by atoms with van der Waals surface area (Å²) in [5.41, 5.74) is 17.8. The lowest BCUT2D eigenvalue weighted by Gasteiger charge is -2.22. The number of hydrogen-bond acceptors (Lipinski definition) is 3. The minimum Gasteiger partial charge on any atom is -0.307 e. The van der Waals surface area contributed by atoms with E-state index in [0.29, 0.717) is 33.6 Å². The van der Waals surface area contributed by atoms with Gasteiger partial charge in [-0.1, -0.05) is 144 Å². The van der Waals surface area contributed by atoms with Gasteiger partial charge in [0, 0.05) is 48.7 Å². The van der Waals surface area contributed by atoms with E-state index < -0.39 is 11.7 Å². The maximum absolute atomic E-state index is 15.2. The predicted octanol–water partition coefficient (Wildman–Crippen LogP) is 21.0. The summed E-state index contributed by atoms with van der Waals surface area (Å²) in [6, 6.07) is 86.0. The van der Waals surface area contributed by atoms with Crippen LogP contribution in [0.4, 0.5) is 13.2 Å². The van der Waals surface area contributed by atoms with E-state index in [-0.39, 0.29) is 5.56 Å². The average Bonchev–Trinajstić information content (AvgIpc) is 1.54. The van der Waals surface area contributed by atoms with E-state index in [2.05, 4.69) is 155 Å². The Morgan fingerprint density at radius 2 is 0.600 bits per heavy atom. The third kappa shape index (κ3) is 8.86. The summed E-state index contributed by atoms with van der Waals surface area (Å²) in [4.78, 5) is 0. The van der Waals surface area contributed by atoms with Crippen LogP contribution in [0.3, 0.4) is 0 Å². The van der Waals surface area contributed by atoms with Crippen LogP contribution in [0.25, 0.3) is 132 Å². The molecule has 0 aliphatic heterocycles. The van der Waals surface area contributed by atoms with Crippen molar-refractivity contribution in [2.24, 2.45) is 0 Å². The minimum absolute atomic E-state index is 0.0120. The number of nitrogens with zero attached hydrogens (tertiary/aromatic N) is 7. The molecule has 16 rings (SSSR count). The van der Waals surface area contributed by atoms with E-state index in [0.717, 1.165) is 99.3 Å². The molecular formula is C80H52F3N7. The quantitative estimate of drug-likeness (QED) is 0.166. The van der Waals surface area contributed by atoms with Gasteiger partial charge in [0.2, 0.25) is 0 Å². The first-order valence-electron chi connectivity index (χ1n) is 29.6. The van der Waals surface area contributed by atoms with Crippen LogP contribution >= 0.6 is 0 Å². The topological polar surface area (TPSA) is 91.1 Å². The zero-order chi connectivity index (χ0) is 61.7. The fourth-order valence-electron chi connectivity index (χ4n) is 13.6. The molecule has 4 heterocycles. The second-order valence-corrected chi connectivity index (χ2v) is 23.3. The van der Waals surface area contributed by atoms with Crippen molar-refractivity contribution in [2.75, 3.05) is 0 Å². The summed E-state index contributed by atoms with van der Waals surface area (Å²) < 4.78 is 54.1. The van der Waals surface area contributed by atoms with Crippen molar-refractivity contribution < 1.29 is 13.2 Å². The number of aryl methyl sites for hydroxylation is 4. The Bertz CT molecular complexity index is 5830. The number of hydrogen-bond donors (Lipinski definition) is 0. The molecule has 0 unspecified atom stereocenters. The minimum atomic E-state index is -4.67. The lowest BCUT2D eigenvalue weighted by molar-refractivity contribution is -0.137. The number of aromatic nitrogens is 4. The van der Waals surface area contributed by atoms with Crippen molar-refractivity contribution in [3.63, 3.8) is 0 Å². The largest absolute Gasteiger partial charge is 0.417 e. The van der Waals surface area contributed by atoms with Crippen LogP contribution in [0.2, 0.25) is 0 Å². The molecule has 0 amide bonds. The fourth-order valence-corrected chi connectivity index (χ4v) is 13.6. The predicted molar refractivity (Wildman–Crippen MR) is 359 cm³/mol. The molecule has 0 N–H and O–H groups in total. The maximum atomic E-state index is 15.2. The summed E-state index contributed by atoms with van der Waals surface area (Å²) in [6.07, 6.45) is -4.67. The SMILES string of the molecule is Cc1ccc2c(c1)c1ccccc1n2-c1cc(-c2cccc(C#N)c2)c(C(F)(F)F)cc1-n1c2ccccc2c2cc(C)ccc21.Cc1ccc2c(c1)c1ccccc1n2-c1cc(C#N)c(-c2cccc(C#N)c2)cc1-n1c2ccccc2c2cc(C)ccc21. The highest BCUT2D eigenvalue weighted by Gasteiger charge is 2.36. The van der Waals surface area contributed by atoms with Crippen LogP contribution in [0.1, 0.15) is 44.5 Å². The van der Waals surface area contributed by atoms with Crippen LogP contribution in [0, 0.1) is 61.7 Å². The monoisotopic (exact) mass is 1170 g/mol. The Hall–Kier alpha value is -11.9. The molecule has 7 nitrogen and oxygen atoms in total. The van der Waals surface area contributed by atoms with Gasteiger partial charge < -0.3 is 18.3 Å². The standard InChI is InChI=1S/C40H26F3N3.C40H26N4/c1-24-14-16-36-31(18-24)28-10-3-5-12-34(28)45(36)38-21-30(27-9-7-8-26(20-27)23-44)33(40(41,42)43)22-39(38)46-35-13-6-4-11-29(35)32-19-25(2)15-17-37(32)46;1-25-14-16-37-33(18-25)30-10-3-5-12-35(30)43(37)39-21-29(24-42)32(28-9-7-8-27(20-28)23-41)22-40(39)44-36-13-6-4-11-31(36)34-19-26(2)15-17-38(34)44/h3-22H,1-2H3;3-22H,1-2H3. The van der Waals surface area contributed by atoms with Gasteiger partial charge in [-0.25, -0.2) is 0 Å². The number of rotatable bonds is 6. The van der Waals surface area contributed by atoms with Gasteiger partial charge in [-0.2, -0.15) is 29.0 Å². The first-order valence-corrected chi connectivity index (χ1v) is 29.6. The van der Waals surface area contributed by atoms with Gasteiger partial charge >= 0.3 is 6.18 Å². The highest BCUT2D eigenvalue weighted by molar-refractivity contribution is 6.14. The van der Waals surface area contributed by atoms with Crippen molar-refractivity contribution in [1.82, 2.24) is 18.3 Å². The molecule has 0 aliphatic rings. The number of fused-ring (bicyclic) bond motifs is 12. The molecule has 0 saturated carbocycles. The van der Waals surface area contributed by atoms with Crippen molar-refractivity contribution in [3.05, 3.63) is 287 Å². The van der Waals surface area contributed by atoms with Gasteiger partial charge in [0.05, 0.1) is 107 Å². The third-order valence-electron chi connectivity index (χ3n) is 17.5. The molecule has 0 aliphatic carbocycles. The summed E-state index contributed by atoms with van der Waals surface area (Å²) >= 11 is 0. The van der Waals surface area contributed by atoms with Crippen molar-refractivity contribution in [3.8, 4) is 63.2 Å². The van der Waals surface area contributed by atoms with Crippen LogP contribution in [0.15, 0.2) is 243 Å². The molecule has 0 bridgehead atoms. The molecule has 10 heteroatoms. The highest BCUT2D eigenvalue weighted by Crippen LogP contribution is 2.47. The van der Waals surface area contributed by atoms with E-state index in [1.165, 1.54) is 44.8 Å². The Morgan fingerprint density at radius 3 is 0.944 bits per heavy atom. The number of benzene rings is 12. The lowest BCUT2D eigenvalue weighted by atomic mass is 9.95. The zero-order valence-corrected chi connectivity index (χ0v) is 49.4. The Morgan fingerprint density at radius 1 is 0.289 bits per heavy atom. The fraction of sp³-hybridized carbons (Fsp3) is 0.0625. The molecule has 0 saturated heterocycles. The first kappa shape index (κ1) is 54.7. The molecule has 0 radical (unpaired) electrons. The second kappa shape index (κ2) is 21.2. The molecule has 0 atom stereocenters.